The second-order valence-electron chi connectivity index (χ2n) is 30.8. The van der Waals surface area contributed by atoms with Crippen LogP contribution in [0.3, 0.4) is 0 Å². The molecule has 1 aromatic heterocycles. The van der Waals surface area contributed by atoms with E-state index in [4.69, 9.17) is 18.9 Å². The zero-order valence-corrected chi connectivity index (χ0v) is 66.5. The molecule has 4 aromatic carbocycles. The topological polar surface area (TPSA) is 388 Å². The Morgan fingerprint density at radius 1 is 0.687 bits per heavy atom. The van der Waals surface area contributed by atoms with Crippen LogP contribution >= 0.6 is 0 Å². The molecule has 2 saturated heterocycles. The number of halogens is 1. The molecule has 10 atom stereocenters. The van der Waals surface area contributed by atoms with Crippen LogP contribution in [0.4, 0.5) is 4.39 Å². The van der Waals surface area contributed by atoms with Crippen LogP contribution in [0.5, 0.6) is 5.75 Å². The fourth-order valence-corrected chi connectivity index (χ4v) is 15.3. The fraction of sp³-hybridized carbons (Fsp3) is 0.542. The second-order valence-corrected chi connectivity index (χ2v) is 30.8. The normalized spacial score (nSPS) is 24.5. The number of amides is 12. The molecule has 12 bridgehead atoms. The molecule has 11 rings (SSSR count). The van der Waals surface area contributed by atoms with Gasteiger partial charge in [-0.3, -0.25) is 57.5 Å². The largest absolute Gasteiger partial charge is 0.497 e. The number of hydrogen-bond acceptors (Lipinski definition) is 18. The van der Waals surface area contributed by atoms with Gasteiger partial charge in [-0.05, 0) is 150 Å². The predicted molar refractivity (Wildman–Crippen MR) is 421 cm³/mol. The van der Waals surface area contributed by atoms with Crippen molar-refractivity contribution < 1.29 is 86.0 Å². The number of methoxy groups -OCH3 is 1. The molecule has 32 heteroatoms. The fourth-order valence-electron chi connectivity index (χ4n) is 15.3. The third-order valence-corrected chi connectivity index (χ3v) is 21.8. The van der Waals surface area contributed by atoms with Crippen molar-refractivity contribution >= 4 is 81.8 Å². The SMILES string of the molecule is COc1ccc(C[C@@H]2NC(=O)[C@H]([C@@H](C)O)NC(=O)[C@@H]3[C@@H]4CCN3C(=O)[C@@H]3Cc5cn(c6ccc(F)cc56)CCCCCCN(Cc5ccc(cc5)CCNC(=O)[C@]5(C)CCCN5C2=O)C(=O)CCC(=O)N[C@@H](C)C(=O)N[C@H](CNC(=O)CCOCCOCCCN(C)C)C(=O)N[C@@H](Cc2cccc(c2)CNC(=O)CO4)C(=O)N3)cc1. The minimum absolute atomic E-state index is 0.0409. The molecular formula is C83H111FN14O17. The summed E-state index contributed by atoms with van der Waals surface area (Å²) in [5, 5.41) is 37.0. The number of aryl methyl sites for hydroxylation is 1. The van der Waals surface area contributed by atoms with Crippen molar-refractivity contribution in [2.75, 3.05) is 93.5 Å². The number of nitrogens with zero attached hydrogens (tertiary/aromatic N) is 5. The lowest BCUT2D eigenvalue weighted by Gasteiger charge is -2.37. The van der Waals surface area contributed by atoms with Crippen LogP contribution in [-0.4, -0.2) is 254 Å². The van der Waals surface area contributed by atoms with Crippen LogP contribution in [0.1, 0.15) is 125 Å². The first-order valence-electron chi connectivity index (χ1n) is 39.9. The van der Waals surface area contributed by atoms with E-state index in [0.717, 1.165) is 29.0 Å². The average molecular weight is 1600 g/mol. The van der Waals surface area contributed by atoms with Crippen LogP contribution in [0.15, 0.2) is 97.2 Å². The van der Waals surface area contributed by atoms with Gasteiger partial charge in [0.25, 0.3) is 0 Å². The summed E-state index contributed by atoms with van der Waals surface area (Å²) in [5.74, 6) is -9.34. The highest BCUT2D eigenvalue weighted by atomic mass is 19.1. The summed E-state index contributed by atoms with van der Waals surface area (Å²) in [6.45, 7) is 5.60. The van der Waals surface area contributed by atoms with Gasteiger partial charge < -0.3 is 96.1 Å². The summed E-state index contributed by atoms with van der Waals surface area (Å²) >= 11 is 0. The molecule has 0 aliphatic carbocycles. The summed E-state index contributed by atoms with van der Waals surface area (Å²) in [5.41, 5.74) is 2.69. The van der Waals surface area contributed by atoms with Crippen LogP contribution in [0, 0.1) is 5.82 Å². The molecule has 5 aromatic rings. The monoisotopic (exact) mass is 1590 g/mol. The van der Waals surface area contributed by atoms with Crippen LogP contribution < -0.4 is 52.6 Å². The van der Waals surface area contributed by atoms with Gasteiger partial charge in [-0.1, -0.05) is 73.5 Å². The van der Waals surface area contributed by atoms with E-state index in [0.29, 0.717) is 97.1 Å². The predicted octanol–water partition coefficient (Wildman–Crippen LogP) is 1.67. The highest BCUT2D eigenvalue weighted by Crippen LogP contribution is 2.32. The Labute approximate surface area is 669 Å². The number of aliphatic hydroxyl groups is 1. The van der Waals surface area contributed by atoms with Gasteiger partial charge >= 0.3 is 0 Å². The lowest BCUT2D eigenvalue weighted by Crippen LogP contribution is -2.64. The Kier molecular flexibility index (Phi) is 31.6. The lowest BCUT2D eigenvalue weighted by molar-refractivity contribution is -0.148. The summed E-state index contributed by atoms with van der Waals surface area (Å²) in [6.07, 6.45) is 1.34. The van der Waals surface area contributed by atoms with E-state index in [-0.39, 0.29) is 110 Å². The quantitative estimate of drug-likeness (QED) is 0.0628. The van der Waals surface area contributed by atoms with Crippen LogP contribution in [0.25, 0.3) is 10.9 Å². The minimum Gasteiger partial charge on any atom is -0.497 e. The van der Waals surface area contributed by atoms with E-state index in [9.17, 15) is 33.9 Å². The van der Waals surface area contributed by atoms with Crippen molar-refractivity contribution in [3.05, 3.63) is 136 Å². The second kappa shape index (κ2) is 41.8. The molecule has 6 aliphatic rings. The van der Waals surface area contributed by atoms with Crippen LogP contribution in [-0.2, 0) is 117 Å². The van der Waals surface area contributed by atoms with E-state index in [1.165, 1.54) is 38.0 Å². The van der Waals surface area contributed by atoms with Gasteiger partial charge in [-0.15, -0.1) is 0 Å². The van der Waals surface area contributed by atoms with Crippen molar-refractivity contribution in [2.45, 2.75) is 197 Å². The van der Waals surface area contributed by atoms with Crippen molar-refractivity contribution in [3.8, 4) is 5.75 Å². The molecule has 2 fully saturated rings. The molecule has 0 spiro atoms. The molecule has 0 radical (unpaired) electrons. The van der Waals surface area contributed by atoms with E-state index >= 15 is 33.2 Å². The van der Waals surface area contributed by atoms with Gasteiger partial charge in [0, 0.05) is 115 Å². The Hall–Kier alpha value is -10.4. The smallest absolute Gasteiger partial charge is 0.246 e. The van der Waals surface area contributed by atoms with Gasteiger partial charge in [0.15, 0.2) is 0 Å². The van der Waals surface area contributed by atoms with E-state index in [1.807, 2.05) is 47.8 Å². The number of carbonyl (C=O) groups is 12. The van der Waals surface area contributed by atoms with E-state index in [2.05, 4.69) is 47.9 Å². The number of benzene rings is 4. The van der Waals surface area contributed by atoms with Crippen molar-refractivity contribution in [1.29, 1.82) is 0 Å². The number of aromatic nitrogens is 1. The highest BCUT2D eigenvalue weighted by molar-refractivity contribution is 6.00. The first kappa shape index (κ1) is 87.0. The lowest BCUT2D eigenvalue weighted by atomic mass is 9.95. The molecule has 0 saturated carbocycles. The number of nitrogens with one attached hydrogen (secondary N) is 9. The molecule has 10 N–H and O–H groups in total. The average Bonchev–Trinajstić information content (AvgIpc) is 1.66. The Morgan fingerprint density at radius 2 is 1.41 bits per heavy atom. The summed E-state index contributed by atoms with van der Waals surface area (Å²) in [7, 11) is 5.41. The molecular weight excluding hydrogens is 1480 g/mol. The maximum absolute atomic E-state index is 16.3. The number of fused-ring (bicyclic) bond motifs is 16. The number of rotatable bonds is 16. The molecule has 0 unspecified atom stereocenters. The Bertz CT molecular complexity index is 4260. The first-order chi connectivity index (χ1) is 55.2. The third-order valence-electron chi connectivity index (χ3n) is 21.8. The zero-order valence-electron chi connectivity index (χ0n) is 66.5. The van der Waals surface area contributed by atoms with Crippen molar-refractivity contribution in [2.24, 2.45) is 0 Å². The molecule has 622 valence electrons. The van der Waals surface area contributed by atoms with Crippen LogP contribution in [0.2, 0.25) is 0 Å². The van der Waals surface area contributed by atoms with Gasteiger partial charge in [0.1, 0.15) is 66.0 Å². The van der Waals surface area contributed by atoms with Gasteiger partial charge in [-0.2, -0.15) is 0 Å². The Balaban J connectivity index is 1.06. The molecule has 7 heterocycles. The molecule has 115 heavy (non-hydrogen) atoms. The number of carbonyl (C=O) groups excluding carboxylic acids is 12. The third kappa shape index (κ3) is 24.3. The van der Waals surface area contributed by atoms with Gasteiger partial charge in [0.05, 0.1) is 39.1 Å². The number of ether oxygens (including phenoxy) is 4. The molecule has 6 aliphatic heterocycles. The first-order valence-corrected chi connectivity index (χ1v) is 39.9. The van der Waals surface area contributed by atoms with Gasteiger partial charge in [-0.25, -0.2) is 4.39 Å². The van der Waals surface area contributed by atoms with Crippen molar-refractivity contribution in [1.82, 2.24) is 72.0 Å². The van der Waals surface area contributed by atoms with E-state index in [1.54, 1.807) is 72.6 Å². The number of hydrogen-bond donors (Lipinski definition) is 10. The maximum Gasteiger partial charge on any atom is 0.246 e. The summed E-state index contributed by atoms with van der Waals surface area (Å²) < 4.78 is 40.8. The standard InChI is InChI=1S/C83H111FN14O17/c1-52-75(104)92-66(48-87-69(100)30-39-114-41-40-113-38-13-33-94(4)5)77(106)89-63-44-57-14-11-15-58(42-57)47-86-71(102)51-115-68-29-37-97-74(68)79(108)93-73(53(2)99)78(107)91-64(43-55-20-23-61(112-6)24-21-55)81(110)98-36-12-31-83(98,3)82(111)85-32-28-54-16-18-56(19-17-54)49-96(72(103)27-26-70(101)88-52)35-10-8-7-9-34-95-50-59(45-65(80(97)109)90-76(63)105)62-46-60(84)22-25-67(62)95/h11,14-25,42,46,50,52-53,63-66,68,73-74,99H,7-10,12-13,26-41,43-45,47-49,51H2,1-6H3,(H,85,111)(H,86,102)(H,87,100)(H,88,101)(H,89,106)(H,90,105)(H,91,107)(H,92,104)(H,93,108)/t52-,53+,63-,64-,65-,66+,68-,73-,74-,83-/m0/s1. The Morgan fingerprint density at radius 3 is 2.16 bits per heavy atom. The highest BCUT2D eigenvalue weighted by Gasteiger charge is 2.50. The zero-order chi connectivity index (χ0) is 82.3. The van der Waals surface area contributed by atoms with Crippen molar-refractivity contribution in [3.63, 3.8) is 0 Å². The summed E-state index contributed by atoms with van der Waals surface area (Å²) in [6, 6.07) is 13.8. The maximum atomic E-state index is 16.3. The summed E-state index contributed by atoms with van der Waals surface area (Å²) in [4.78, 5) is 185. The van der Waals surface area contributed by atoms with Gasteiger partial charge in [0.2, 0.25) is 70.9 Å². The minimum atomic E-state index is -1.86. The molecule has 31 nitrogen and oxygen atoms in total. The number of aliphatic hydroxyl groups excluding tert-OH is 1. The molecule has 12 amide bonds. The van der Waals surface area contributed by atoms with E-state index < -0.39 is 144 Å².